The van der Waals surface area contributed by atoms with Crippen molar-refractivity contribution in [2.75, 3.05) is 0 Å². The molecule has 3 N–H and O–H groups in total. The maximum atomic E-state index is 8.87. The van der Waals surface area contributed by atoms with Crippen LogP contribution in [0.4, 0.5) is 0 Å². The van der Waals surface area contributed by atoms with Gasteiger partial charge in [0.2, 0.25) is 0 Å². The van der Waals surface area contributed by atoms with Gasteiger partial charge in [0.15, 0.2) is 5.84 Å². The van der Waals surface area contributed by atoms with E-state index in [0.717, 1.165) is 17.0 Å². The first kappa shape index (κ1) is 12.1. The van der Waals surface area contributed by atoms with Gasteiger partial charge in [-0.3, -0.25) is 4.57 Å². The molecule has 0 aliphatic rings. The summed E-state index contributed by atoms with van der Waals surface area (Å²) in [5.41, 5.74) is 9.11. The van der Waals surface area contributed by atoms with E-state index in [1.807, 2.05) is 31.4 Å². The molecule has 2 aromatic heterocycles. The lowest BCUT2D eigenvalue weighted by Crippen LogP contribution is -2.19. The summed E-state index contributed by atoms with van der Waals surface area (Å²) in [6.45, 7) is 5.75. The summed E-state index contributed by atoms with van der Waals surface area (Å²) < 4.78 is 1.83. The first-order chi connectivity index (χ1) is 8.56. The third-order valence-electron chi connectivity index (χ3n) is 2.98. The van der Waals surface area contributed by atoms with Crippen LogP contribution in [0.2, 0.25) is 0 Å². The van der Waals surface area contributed by atoms with Crippen molar-refractivity contribution in [3.63, 3.8) is 0 Å². The van der Waals surface area contributed by atoms with Crippen molar-refractivity contribution in [1.82, 2.24) is 14.5 Å². The van der Waals surface area contributed by atoms with Crippen LogP contribution in [0, 0.1) is 20.8 Å². The third-order valence-corrected chi connectivity index (χ3v) is 2.98. The number of nitrogens with two attached hydrogens (primary N) is 1. The number of hydrogen-bond donors (Lipinski definition) is 2. The molecule has 0 saturated carbocycles. The summed E-state index contributed by atoms with van der Waals surface area (Å²) in [5.74, 6) is 0.657. The van der Waals surface area contributed by atoms with Crippen molar-refractivity contribution in [2.24, 2.45) is 10.9 Å². The number of nitrogens with zero attached hydrogens (tertiary/aromatic N) is 4. The van der Waals surface area contributed by atoms with Crippen LogP contribution in [0.1, 0.15) is 22.5 Å². The molecule has 0 spiro atoms. The Morgan fingerprint density at radius 2 is 2.06 bits per heavy atom. The molecular weight excluding hydrogens is 230 g/mol. The van der Waals surface area contributed by atoms with Gasteiger partial charge >= 0.3 is 0 Å². The van der Waals surface area contributed by atoms with Crippen molar-refractivity contribution < 1.29 is 5.21 Å². The van der Waals surface area contributed by atoms with Gasteiger partial charge in [-0.1, -0.05) is 5.16 Å². The Hall–Kier alpha value is -2.37. The molecule has 6 nitrogen and oxygen atoms in total. The number of aromatic nitrogens is 3. The zero-order valence-corrected chi connectivity index (χ0v) is 10.5. The fraction of sp³-hybridized carbons (Fsp3) is 0.250. The summed E-state index contributed by atoms with van der Waals surface area (Å²) in [7, 11) is 0. The molecule has 0 saturated heterocycles. The zero-order chi connectivity index (χ0) is 13.3. The number of aryl methyl sites for hydroxylation is 2. The number of amidine groups is 1. The Bertz CT molecular complexity index is 615. The minimum Gasteiger partial charge on any atom is -0.409 e. The highest BCUT2D eigenvalue weighted by Crippen LogP contribution is 2.18. The van der Waals surface area contributed by atoms with Crippen LogP contribution < -0.4 is 5.73 Å². The zero-order valence-electron chi connectivity index (χ0n) is 10.5. The summed E-state index contributed by atoms with van der Waals surface area (Å²) in [6, 6.07) is 1.82. The molecular formula is C12H15N5O. The van der Waals surface area contributed by atoms with Crippen LogP contribution >= 0.6 is 0 Å². The van der Waals surface area contributed by atoms with Crippen molar-refractivity contribution in [2.45, 2.75) is 20.8 Å². The Balaban J connectivity index is 2.72. The van der Waals surface area contributed by atoms with Crippen LogP contribution in [0.3, 0.4) is 0 Å². The van der Waals surface area contributed by atoms with Gasteiger partial charge in [-0.05, 0) is 32.4 Å². The summed E-state index contributed by atoms with van der Waals surface area (Å²) in [4.78, 5) is 8.53. The second kappa shape index (κ2) is 4.48. The lowest BCUT2D eigenvalue weighted by atomic mass is 10.1. The van der Waals surface area contributed by atoms with Gasteiger partial charge < -0.3 is 10.9 Å². The normalized spacial score (nSPS) is 11.8. The van der Waals surface area contributed by atoms with Crippen molar-refractivity contribution in [3.8, 4) is 5.82 Å². The molecule has 94 valence electrons. The molecule has 0 aliphatic heterocycles. The number of hydrogen-bond acceptors (Lipinski definition) is 4. The highest BCUT2D eigenvalue weighted by atomic mass is 16.4. The molecule has 6 heteroatoms. The second-order valence-electron chi connectivity index (χ2n) is 4.10. The molecule has 2 rings (SSSR count). The van der Waals surface area contributed by atoms with E-state index in [1.165, 1.54) is 0 Å². The Morgan fingerprint density at radius 1 is 1.33 bits per heavy atom. The molecule has 0 radical (unpaired) electrons. The molecule has 0 amide bonds. The maximum Gasteiger partial charge on any atom is 0.174 e. The molecule has 0 aliphatic carbocycles. The number of imidazole rings is 1. The van der Waals surface area contributed by atoms with Crippen molar-refractivity contribution >= 4 is 5.84 Å². The quantitative estimate of drug-likeness (QED) is 0.361. The smallest absolute Gasteiger partial charge is 0.174 e. The van der Waals surface area contributed by atoms with E-state index in [0.29, 0.717) is 11.4 Å². The monoisotopic (exact) mass is 245 g/mol. The van der Waals surface area contributed by atoms with E-state index in [9.17, 15) is 0 Å². The Morgan fingerprint density at radius 3 is 2.61 bits per heavy atom. The Labute approximate surface area is 105 Å². The molecule has 2 heterocycles. The highest BCUT2D eigenvalue weighted by Gasteiger charge is 2.15. The van der Waals surface area contributed by atoms with E-state index < -0.39 is 0 Å². The molecule has 18 heavy (non-hydrogen) atoms. The topological polar surface area (TPSA) is 89.3 Å². The van der Waals surface area contributed by atoms with Gasteiger partial charge in [-0.15, -0.1) is 0 Å². The molecule has 0 unspecified atom stereocenters. The second-order valence-corrected chi connectivity index (χ2v) is 4.10. The van der Waals surface area contributed by atoms with Gasteiger partial charge in [0.25, 0.3) is 0 Å². The standard InChI is InChI=1S/C12H15N5O/c1-7-4-5-14-12(10(7)11(13)16-18)17-6-15-8(2)9(17)3/h4-6,18H,1-3H3,(H2,13,16). The minimum absolute atomic E-state index is 0.0429. The number of pyridine rings is 1. The maximum absolute atomic E-state index is 8.87. The van der Waals surface area contributed by atoms with Crippen molar-refractivity contribution in [1.29, 1.82) is 0 Å². The SMILES string of the molecule is Cc1ccnc(-n2cnc(C)c2C)c1/C(N)=N/O. The minimum atomic E-state index is 0.0429. The largest absolute Gasteiger partial charge is 0.409 e. The molecule has 0 bridgehead atoms. The average Bonchev–Trinajstić information content (AvgIpc) is 2.69. The van der Waals surface area contributed by atoms with E-state index in [4.69, 9.17) is 10.9 Å². The van der Waals surface area contributed by atoms with E-state index >= 15 is 0 Å². The number of rotatable bonds is 2. The van der Waals surface area contributed by atoms with Crippen LogP contribution in [-0.2, 0) is 0 Å². The van der Waals surface area contributed by atoms with E-state index in [1.54, 1.807) is 12.5 Å². The predicted octanol–water partition coefficient (Wildman–Crippen LogP) is 1.29. The van der Waals surface area contributed by atoms with Crippen LogP contribution in [0.15, 0.2) is 23.7 Å². The van der Waals surface area contributed by atoms with E-state index in [2.05, 4.69) is 15.1 Å². The lowest BCUT2D eigenvalue weighted by molar-refractivity contribution is 0.318. The molecule has 0 aromatic carbocycles. The van der Waals surface area contributed by atoms with Crippen LogP contribution in [-0.4, -0.2) is 25.6 Å². The lowest BCUT2D eigenvalue weighted by Gasteiger charge is -2.12. The van der Waals surface area contributed by atoms with Gasteiger partial charge in [0, 0.05) is 11.9 Å². The van der Waals surface area contributed by atoms with E-state index in [-0.39, 0.29) is 5.84 Å². The summed E-state index contributed by atoms with van der Waals surface area (Å²) in [5, 5.41) is 11.9. The van der Waals surface area contributed by atoms with Gasteiger partial charge in [0.05, 0.1) is 11.3 Å². The molecule has 0 fully saturated rings. The first-order valence-electron chi connectivity index (χ1n) is 5.50. The van der Waals surface area contributed by atoms with Gasteiger partial charge in [-0.2, -0.15) is 0 Å². The summed E-state index contributed by atoms with van der Waals surface area (Å²) in [6.07, 6.45) is 3.37. The van der Waals surface area contributed by atoms with Crippen LogP contribution in [0.5, 0.6) is 0 Å². The summed E-state index contributed by atoms with van der Waals surface area (Å²) >= 11 is 0. The fourth-order valence-corrected chi connectivity index (χ4v) is 1.81. The molecule has 0 atom stereocenters. The average molecular weight is 245 g/mol. The highest BCUT2D eigenvalue weighted by molar-refractivity contribution is 6.01. The third kappa shape index (κ3) is 1.81. The predicted molar refractivity (Wildman–Crippen MR) is 68.1 cm³/mol. The van der Waals surface area contributed by atoms with Gasteiger partial charge in [-0.25, -0.2) is 9.97 Å². The number of oxime groups is 1. The molecule has 2 aromatic rings. The fourth-order valence-electron chi connectivity index (χ4n) is 1.81. The first-order valence-corrected chi connectivity index (χ1v) is 5.50. The van der Waals surface area contributed by atoms with Crippen molar-refractivity contribution in [3.05, 3.63) is 41.1 Å². The Kier molecular flexibility index (Phi) is 3.01. The van der Waals surface area contributed by atoms with Gasteiger partial charge in [0.1, 0.15) is 12.1 Å². The van der Waals surface area contributed by atoms with Crippen LogP contribution in [0.25, 0.3) is 5.82 Å².